The molecular weight excluding hydrogens is 361 g/mol. The van der Waals surface area contributed by atoms with E-state index in [0.29, 0.717) is 19.3 Å². The molecule has 1 N–H and O–H groups in total. The topological polar surface area (TPSA) is 47.3 Å². The molecule has 0 spiro atoms. The number of nitrogens with zero attached hydrogens (tertiary/aromatic N) is 2. The SMILES string of the molecule is O[C@H]1c2c(C(F)(F)F)nn(C3CCC[C@@H](OC(F)F)C3)c2CC1(F)F. The van der Waals surface area contributed by atoms with Crippen molar-refractivity contribution in [1.82, 2.24) is 9.78 Å². The van der Waals surface area contributed by atoms with Gasteiger partial charge in [-0.25, -0.2) is 8.78 Å². The van der Waals surface area contributed by atoms with Gasteiger partial charge in [0.05, 0.1) is 24.3 Å². The van der Waals surface area contributed by atoms with Crippen molar-refractivity contribution >= 4 is 0 Å². The molecule has 3 atom stereocenters. The van der Waals surface area contributed by atoms with E-state index in [0.717, 1.165) is 4.68 Å². The number of aliphatic hydroxyl groups is 1. The molecule has 11 heteroatoms. The van der Waals surface area contributed by atoms with E-state index in [1.54, 1.807) is 0 Å². The van der Waals surface area contributed by atoms with Crippen molar-refractivity contribution in [2.24, 2.45) is 0 Å². The largest absolute Gasteiger partial charge is 0.435 e. The van der Waals surface area contributed by atoms with Gasteiger partial charge in [0, 0.05) is 5.56 Å². The molecule has 2 aliphatic rings. The Kier molecular flexibility index (Phi) is 4.51. The maximum Gasteiger partial charge on any atom is 0.435 e. The summed E-state index contributed by atoms with van der Waals surface area (Å²) in [7, 11) is 0. The minimum Gasteiger partial charge on any atom is -0.382 e. The van der Waals surface area contributed by atoms with Crippen molar-refractivity contribution in [3.05, 3.63) is 17.0 Å². The first-order valence-corrected chi connectivity index (χ1v) is 7.68. The Labute approximate surface area is 137 Å². The first-order chi connectivity index (χ1) is 11.5. The van der Waals surface area contributed by atoms with E-state index in [9.17, 15) is 35.8 Å². The van der Waals surface area contributed by atoms with E-state index in [2.05, 4.69) is 9.84 Å². The van der Waals surface area contributed by atoms with Gasteiger partial charge < -0.3 is 9.84 Å². The highest BCUT2D eigenvalue weighted by Crippen LogP contribution is 2.49. The summed E-state index contributed by atoms with van der Waals surface area (Å²) < 4.78 is 96.9. The Morgan fingerprint density at radius 3 is 2.52 bits per heavy atom. The van der Waals surface area contributed by atoms with Crippen molar-refractivity contribution < 1.29 is 40.6 Å². The Balaban J connectivity index is 1.97. The fraction of sp³-hybridized carbons (Fsp3) is 0.786. The predicted octanol–water partition coefficient (Wildman–Crippen LogP) is 3.85. The fourth-order valence-electron chi connectivity index (χ4n) is 3.60. The number of ether oxygens (including phenoxy) is 1. The van der Waals surface area contributed by atoms with Crippen molar-refractivity contribution in [2.45, 2.75) is 69.1 Å². The third-order valence-electron chi connectivity index (χ3n) is 4.64. The lowest BCUT2D eigenvalue weighted by atomic mass is 9.92. The van der Waals surface area contributed by atoms with Gasteiger partial charge >= 0.3 is 12.8 Å². The van der Waals surface area contributed by atoms with Crippen LogP contribution in [0.25, 0.3) is 0 Å². The lowest BCUT2D eigenvalue weighted by Crippen LogP contribution is -2.29. The Hall–Kier alpha value is -1.36. The highest BCUT2D eigenvalue weighted by atomic mass is 19.4. The lowest BCUT2D eigenvalue weighted by Gasteiger charge is -2.30. The number of fused-ring (bicyclic) bond motifs is 1. The molecule has 142 valence electrons. The molecule has 2 aliphatic carbocycles. The summed E-state index contributed by atoms with van der Waals surface area (Å²) in [5.74, 6) is -3.73. The fourth-order valence-corrected chi connectivity index (χ4v) is 3.60. The Bertz CT molecular complexity index is 644. The predicted molar refractivity (Wildman–Crippen MR) is 69.2 cm³/mol. The average molecular weight is 376 g/mol. The normalized spacial score (nSPS) is 29.2. The second-order valence-corrected chi connectivity index (χ2v) is 6.33. The molecule has 1 saturated carbocycles. The summed E-state index contributed by atoms with van der Waals surface area (Å²) >= 11 is 0. The zero-order chi connectivity index (χ0) is 18.6. The first-order valence-electron chi connectivity index (χ1n) is 7.68. The number of alkyl halides is 7. The van der Waals surface area contributed by atoms with Crippen LogP contribution in [0.15, 0.2) is 0 Å². The molecule has 1 fully saturated rings. The van der Waals surface area contributed by atoms with Gasteiger partial charge in [-0.05, 0) is 25.7 Å². The number of aromatic nitrogens is 2. The standard InChI is InChI=1S/C14H15F7N2O2/c15-12(16)25-7-3-1-2-6(4-7)23-8-5-13(17,18)11(24)9(8)10(22-23)14(19,20)21/h6-7,11-12,24H,1-5H2/t6?,7-,11+/m1/s1. The maximum atomic E-state index is 13.7. The van der Waals surface area contributed by atoms with Crippen LogP contribution in [0.5, 0.6) is 0 Å². The van der Waals surface area contributed by atoms with Gasteiger partial charge in [-0.15, -0.1) is 0 Å². The third kappa shape index (κ3) is 3.35. The minimum atomic E-state index is -5.01. The van der Waals surface area contributed by atoms with Crippen molar-refractivity contribution in [1.29, 1.82) is 0 Å². The van der Waals surface area contributed by atoms with Gasteiger partial charge in [0.1, 0.15) is 6.10 Å². The first kappa shape index (κ1) is 18.4. The zero-order valence-electron chi connectivity index (χ0n) is 12.7. The van der Waals surface area contributed by atoms with E-state index < -0.39 is 60.3 Å². The van der Waals surface area contributed by atoms with Crippen LogP contribution in [0.3, 0.4) is 0 Å². The number of rotatable bonds is 3. The molecule has 0 radical (unpaired) electrons. The number of hydrogen-bond acceptors (Lipinski definition) is 3. The van der Waals surface area contributed by atoms with E-state index >= 15 is 0 Å². The third-order valence-corrected chi connectivity index (χ3v) is 4.64. The highest BCUT2D eigenvalue weighted by Gasteiger charge is 2.55. The molecule has 4 nitrogen and oxygen atoms in total. The van der Waals surface area contributed by atoms with Crippen molar-refractivity contribution in [3.8, 4) is 0 Å². The average Bonchev–Trinajstić information content (AvgIpc) is 2.94. The summed E-state index contributed by atoms with van der Waals surface area (Å²) in [6, 6.07) is -0.775. The molecule has 0 amide bonds. The van der Waals surface area contributed by atoms with Gasteiger partial charge in [-0.1, -0.05) is 0 Å². The molecule has 0 saturated heterocycles. The smallest absolute Gasteiger partial charge is 0.382 e. The second kappa shape index (κ2) is 6.11. The van der Waals surface area contributed by atoms with E-state index in [-0.39, 0.29) is 6.42 Å². The van der Waals surface area contributed by atoms with Crippen LogP contribution < -0.4 is 0 Å². The quantitative estimate of drug-likeness (QED) is 0.816. The molecule has 1 aromatic rings. The van der Waals surface area contributed by atoms with Crippen LogP contribution >= 0.6 is 0 Å². The van der Waals surface area contributed by atoms with Crippen LogP contribution in [0.4, 0.5) is 30.7 Å². The highest BCUT2D eigenvalue weighted by molar-refractivity contribution is 5.38. The van der Waals surface area contributed by atoms with Gasteiger partial charge in [0.2, 0.25) is 0 Å². The van der Waals surface area contributed by atoms with Gasteiger partial charge in [-0.2, -0.15) is 27.1 Å². The second-order valence-electron chi connectivity index (χ2n) is 6.33. The summed E-state index contributed by atoms with van der Waals surface area (Å²) in [4.78, 5) is 0. The van der Waals surface area contributed by atoms with E-state index in [4.69, 9.17) is 0 Å². The summed E-state index contributed by atoms with van der Waals surface area (Å²) in [5.41, 5.74) is -2.87. The van der Waals surface area contributed by atoms with Crippen LogP contribution in [0, 0.1) is 0 Å². The van der Waals surface area contributed by atoms with Crippen molar-refractivity contribution in [3.63, 3.8) is 0 Å². The number of hydrogen-bond donors (Lipinski definition) is 1. The summed E-state index contributed by atoms with van der Waals surface area (Å²) in [6.07, 6.45) is -8.64. The lowest BCUT2D eigenvalue weighted by molar-refractivity contribution is -0.172. The molecule has 0 aromatic carbocycles. The van der Waals surface area contributed by atoms with Crippen LogP contribution in [-0.2, 0) is 17.3 Å². The Morgan fingerprint density at radius 1 is 1.24 bits per heavy atom. The molecule has 1 aromatic heterocycles. The van der Waals surface area contributed by atoms with Gasteiger partial charge in [0.15, 0.2) is 5.69 Å². The molecule has 1 heterocycles. The molecule has 3 rings (SSSR count). The van der Waals surface area contributed by atoms with Gasteiger partial charge in [0.25, 0.3) is 5.92 Å². The minimum absolute atomic E-state index is 0.0581. The molecule has 0 aliphatic heterocycles. The monoisotopic (exact) mass is 376 g/mol. The number of aliphatic hydroxyl groups excluding tert-OH is 1. The zero-order valence-corrected chi connectivity index (χ0v) is 12.7. The van der Waals surface area contributed by atoms with Gasteiger partial charge in [-0.3, -0.25) is 4.68 Å². The van der Waals surface area contributed by atoms with Crippen molar-refractivity contribution in [2.75, 3.05) is 0 Å². The molecule has 0 bridgehead atoms. The van der Waals surface area contributed by atoms with Crippen LogP contribution in [-0.4, -0.2) is 33.5 Å². The Morgan fingerprint density at radius 2 is 1.92 bits per heavy atom. The van der Waals surface area contributed by atoms with E-state index in [1.807, 2.05) is 0 Å². The van der Waals surface area contributed by atoms with E-state index in [1.165, 1.54) is 0 Å². The molecule has 1 unspecified atom stereocenters. The number of halogens is 7. The summed E-state index contributed by atoms with van der Waals surface area (Å²) in [6.45, 7) is -3.02. The van der Waals surface area contributed by atoms with Crippen LogP contribution in [0.2, 0.25) is 0 Å². The molecular formula is C14H15F7N2O2. The summed E-state index contributed by atoms with van der Waals surface area (Å²) in [5, 5.41) is 13.0. The van der Waals surface area contributed by atoms with Crippen LogP contribution in [0.1, 0.15) is 54.8 Å². The molecule has 25 heavy (non-hydrogen) atoms. The maximum absolute atomic E-state index is 13.7.